The third-order valence-corrected chi connectivity index (χ3v) is 3.28. The van der Waals surface area contributed by atoms with Gasteiger partial charge in [0.15, 0.2) is 0 Å². The molecule has 0 aliphatic carbocycles. The Morgan fingerprint density at radius 2 is 1.72 bits per heavy atom. The van der Waals surface area contributed by atoms with Crippen LogP contribution >= 0.6 is 0 Å². The number of aromatic amines is 1. The highest BCUT2D eigenvalue weighted by Gasteiger charge is 2.08. The number of aromatic nitrogens is 3. The first-order valence-corrected chi connectivity index (χ1v) is 5.86. The maximum Gasteiger partial charge on any atom is 0.113 e. The van der Waals surface area contributed by atoms with Crippen molar-refractivity contribution in [3.63, 3.8) is 0 Å². The molecule has 86 valence electrons. The SMILES string of the molecule is C1=Nc2cc(-c3ccc4n[nH]nc4c3)ccc2C1. The minimum Gasteiger partial charge on any atom is -0.261 e. The van der Waals surface area contributed by atoms with Crippen LogP contribution in [0.3, 0.4) is 0 Å². The molecule has 0 unspecified atom stereocenters. The molecular formula is C14H10N4. The molecular weight excluding hydrogens is 224 g/mol. The van der Waals surface area contributed by atoms with Gasteiger partial charge in [0.1, 0.15) is 11.0 Å². The monoisotopic (exact) mass is 234 g/mol. The number of hydrogen-bond donors (Lipinski definition) is 1. The normalized spacial score (nSPS) is 13.1. The topological polar surface area (TPSA) is 53.9 Å². The molecule has 0 radical (unpaired) electrons. The van der Waals surface area contributed by atoms with Gasteiger partial charge >= 0.3 is 0 Å². The van der Waals surface area contributed by atoms with Gasteiger partial charge in [-0.3, -0.25) is 4.99 Å². The Morgan fingerprint density at radius 3 is 2.72 bits per heavy atom. The highest BCUT2D eigenvalue weighted by atomic mass is 15.3. The van der Waals surface area contributed by atoms with Gasteiger partial charge in [0, 0.05) is 12.6 Å². The summed E-state index contributed by atoms with van der Waals surface area (Å²) in [5, 5.41) is 10.8. The van der Waals surface area contributed by atoms with E-state index in [0.29, 0.717) is 0 Å². The van der Waals surface area contributed by atoms with Crippen molar-refractivity contribution in [2.75, 3.05) is 0 Å². The number of nitrogens with zero attached hydrogens (tertiary/aromatic N) is 3. The first-order valence-electron chi connectivity index (χ1n) is 5.86. The van der Waals surface area contributed by atoms with E-state index in [0.717, 1.165) is 34.3 Å². The van der Waals surface area contributed by atoms with Crippen LogP contribution in [-0.4, -0.2) is 21.6 Å². The second-order valence-electron chi connectivity index (χ2n) is 4.39. The van der Waals surface area contributed by atoms with Crippen LogP contribution in [0.25, 0.3) is 22.2 Å². The summed E-state index contributed by atoms with van der Waals surface area (Å²) in [7, 11) is 0. The molecule has 1 N–H and O–H groups in total. The van der Waals surface area contributed by atoms with Gasteiger partial charge < -0.3 is 0 Å². The van der Waals surface area contributed by atoms with E-state index in [-0.39, 0.29) is 0 Å². The largest absolute Gasteiger partial charge is 0.261 e. The van der Waals surface area contributed by atoms with E-state index in [9.17, 15) is 0 Å². The first kappa shape index (κ1) is 9.53. The summed E-state index contributed by atoms with van der Waals surface area (Å²) in [5.74, 6) is 0. The van der Waals surface area contributed by atoms with E-state index in [4.69, 9.17) is 0 Å². The molecule has 1 aliphatic heterocycles. The van der Waals surface area contributed by atoms with Crippen LogP contribution in [0.4, 0.5) is 5.69 Å². The van der Waals surface area contributed by atoms with Crippen molar-refractivity contribution in [1.82, 2.24) is 15.4 Å². The second kappa shape index (κ2) is 3.50. The Morgan fingerprint density at radius 1 is 0.889 bits per heavy atom. The molecule has 0 saturated carbocycles. The second-order valence-corrected chi connectivity index (χ2v) is 4.39. The average molecular weight is 234 g/mol. The third kappa shape index (κ3) is 1.35. The van der Waals surface area contributed by atoms with Gasteiger partial charge in [-0.05, 0) is 34.9 Å². The van der Waals surface area contributed by atoms with Gasteiger partial charge in [-0.2, -0.15) is 15.4 Å². The fraction of sp³-hybridized carbons (Fsp3) is 0.0714. The van der Waals surface area contributed by atoms with E-state index in [2.05, 4.69) is 44.7 Å². The molecule has 2 aromatic carbocycles. The predicted octanol–water partition coefficient (Wildman–Crippen LogP) is 2.88. The van der Waals surface area contributed by atoms with Crippen molar-refractivity contribution >= 4 is 22.9 Å². The number of H-pyrrole nitrogens is 1. The Labute approximate surface area is 103 Å². The van der Waals surface area contributed by atoms with Gasteiger partial charge in [-0.25, -0.2) is 0 Å². The van der Waals surface area contributed by atoms with Crippen LogP contribution in [0.2, 0.25) is 0 Å². The van der Waals surface area contributed by atoms with Gasteiger partial charge in [0.25, 0.3) is 0 Å². The minimum atomic E-state index is 0.886. The van der Waals surface area contributed by atoms with Crippen molar-refractivity contribution in [2.24, 2.45) is 4.99 Å². The van der Waals surface area contributed by atoms with Crippen LogP contribution in [0.1, 0.15) is 5.56 Å². The molecule has 1 aliphatic rings. The first-order chi connectivity index (χ1) is 8.90. The fourth-order valence-electron chi connectivity index (χ4n) is 2.30. The average Bonchev–Trinajstić information content (AvgIpc) is 3.05. The molecule has 3 aromatic rings. The molecule has 0 bridgehead atoms. The molecule has 2 heterocycles. The fourth-order valence-corrected chi connectivity index (χ4v) is 2.30. The number of fused-ring (bicyclic) bond motifs is 2. The van der Waals surface area contributed by atoms with Crippen molar-refractivity contribution < 1.29 is 0 Å². The molecule has 0 saturated heterocycles. The molecule has 0 amide bonds. The zero-order valence-corrected chi connectivity index (χ0v) is 9.59. The van der Waals surface area contributed by atoms with Crippen LogP contribution in [-0.2, 0) is 6.42 Å². The summed E-state index contributed by atoms with van der Waals surface area (Å²) in [6.07, 6.45) is 2.90. The van der Waals surface area contributed by atoms with E-state index in [1.165, 1.54) is 5.56 Å². The molecule has 0 spiro atoms. The zero-order chi connectivity index (χ0) is 11.9. The van der Waals surface area contributed by atoms with Crippen molar-refractivity contribution in [2.45, 2.75) is 6.42 Å². The summed E-state index contributed by atoms with van der Waals surface area (Å²) in [5.41, 5.74) is 6.45. The lowest BCUT2D eigenvalue weighted by Gasteiger charge is -2.04. The number of aliphatic imine (C=N–C) groups is 1. The lowest BCUT2D eigenvalue weighted by Crippen LogP contribution is -1.82. The molecule has 4 rings (SSSR count). The summed E-state index contributed by atoms with van der Waals surface area (Å²) in [6, 6.07) is 12.5. The number of rotatable bonds is 1. The number of nitrogens with one attached hydrogen (secondary N) is 1. The predicted molar refractivity (Wildman–Crippen MR) is 71.2 cm³/mol. The van der Waals surface area contributed by atoms with E-state index < -0.39 is 0 Å². The van der Waals surface area contributed by atoms with Gasteiger partial charge in [-0.1, -0.05) is 18.2 Å². The number of hydrogen-bond acceptors (Lipinski definition) is 3. The van der Waals surface area contributed by atoms with E-state index in [1.54, 1.807) is 0 Å². The lowest BCUT2D eigenvalue weighted by molar-refractivity contribution is 0.959. The third-order valence-electron chi connectivity index (χ3n) is 3.28. The van der Waals surface area contributed by atoms with E-state index >= 15 is 0 Å². The summed E-state index contributed by atoms with van der Waals surface area (Å²) < 4.78 is 0. The Hall–Kier alpha value is -2.49. The van der Waals surface area contributed by atoms with Crippen LogP contribution in [0, 0.1) is 0 Å². The Kier molecular flexibility index (Phi) is 1.85. The molecule has 0 fully saturated rings. The number of benzene rings is 2. The van der Waals surface area contributed by atoms with Crippen LogP contribution in [0.15, 0.2) is 41.4 Å². The van der Waals surface area contributed by atoms with Gasteiger partial charge in [0.2, 0.25) is 0 Å². The van der Waals surface area contributed by atoms with Gasteiger partial charge in [-0.15, -0.1) is 0 Å². The molecule has 1 aromatic heterocycles. The quantitative estimate of drug-likeness (QED) is 0.703. The molecule has 0 atom stereocenters. The maximum atomic E-state index is 4.38. The van der Waals surface area contributed by atoms with Crippen molar-refractivity contribution in [3.8, 4) is 11.1 Å². The highest BCUT2D eigenvalue weighted by molar-refractivity contribution is 5.83. The van der Waals surface area contributed by atoms with Crippen LogP contribution < -0.4 is 0 Å². The highest BCUT2D eigenvalue weighted by Crippen LogP contribution is 2.31. The summed E-state index contributed by atoms with van der Waals surface area (Å²) >= 11 is 0. The smallest absolute Gasteiger partial charge is 0.113 e. The van der Waals surface area contributed by atoms with Crippen molar-refractivity contribution in [3.05, 3.63) is 42.0 Å². The van der Waals surface area contributed by atoms with E-state index in [1.807, 2.05) is 18.3 Å². The molecule has 18 heavy (non-hydrogen) atoms. The Balaban J connectivity index is 1.88. The summed E-state index contributed by atoms with van der Waals surface area (Å²) in [4.78, 5) is 4.38. The Bertz CT molecular complexity index is 770. The standard InChI is InChI=1S/C14H10N4/c1-2-10(7-13-9(1)5-6-15-13)11-3-4-12-14(8-11)17-18-16-12/h1-4,6-8H,5H2,(H,16,17,18). The molecule has 4 nitrogen and oxygen atoms in total. The minimum absolute atomic E-state index is 0.886. The van der Waals surface area contributed by atoms with Gasteiger partial charge in [0.05, 0.1) is 5.69 Å². The van der Waals surface area contributed by atoms with Crippen molar-refractivity contribution in [1.29, 1.82) is 0 Å². The van der Waals surface area contributed by atoms with Crippen LogP contribution in [0.5, 0.6) is 0 Å². The summed E-state index contributed by atoms with van der Waals surface area (Å²) in [6.45, 7) is 0. The molecule has 4 heteroatoms. The maximum absolute atomic E-state index is 4.38. The zero-order valence-electron chi connectivity index (χ0n) is 9.59. The lowest BCUT2D eigenvalue weighted by atomic mass is 10.0.